The topological polar surface area (TPSA) is 78.9 Å². The molecule has 6 nitrogen and oxygen atoms in total. The maximum atomic E-state index is 12.9. The smallest absolute Gasteiger partial charge is 0.306 e. The van der Waals surface area contributed by atoms with Gasteiger partial charge in [-0.15, -0.1) is 0 Å². The van der Waals surface area contributed by atoms with Crippen LogP contribution >= 0.6 is 0 Å². The summed E-state index contributed by atoms with van der Waals surface area (Å²) in [5, 5.41) is 0. The van der Waals surface area contributed by atoms with E-state index >= 15 is 0 Å². The fourth-order valence-electron chi connectivity index (χ4n) is 10.5. The number of unbranched alkanes of at least 4 members (excludes halogenated alkanes) is 46. The summed E-state index contributed by atoms with van der Waals surface area (Å²) in [6.45, 7) is 6.62. The second kappa shape index (κ2) is 67.9. The summed E-state index contributed by atoms with van der Waals surface area (Å²) in [6, 6.07) is 0. The van der Waals surface area contributed by atoms with Crippen LogP contribution in [0.25, 0.3) is 0 Å². The van der Waals surface area contributed by atoms with Gasteiger partial charge in [-0.05, 0) is 77.0 Å². The fraction of sp³-hybridized carbons (Fsp3) is 0.849. The normalized spacial score (nSPS) is 12.3. The molecule has 0 aromatic rings. The van der Waals surface area contributed by atoms with Crippen LogP contribution in [-0.4, -0.2) is 37.2 Å². The van der Waals surface area contributed by atoms with Crippen LogP contribution in [0.15, 0.2) is 48.6 Å². The molecule has 1 atom stereocenters. The van der Waals surface area contributed by atoms with Gasteiger partial charge in [0.2, 0.25) is 0 Å². The number of allylic oxidation sites excluding steroid dienone is 8. The summed E-state index contributed by atoms with van der Waals surface area (Å²) < 4.78 is 16.9. The molecule has 1 unspecified atom stereocenters. The fourth-order valence-corrected chi connectivity index (χ4v) is 10.5. The molecule has 0 amide bonds. The van der Waals surface area contributed by atoms with Gasteiger partial charge in [-0.1, -0.05) is 333 Å². The van der Waals surface area contributed by atoms with E-state index in [0.717, 1.165) is 83.5 Å². The maximum Gasteiger partial charge on any atom is 0.306 e. The van der Waals surface area contributed by atoms with Gasteiger partial charge in [-0.2, -0.15) is 0 Å². The molecule has 0 aliphatic heterocycles. The number of esters is 3. The van der Waals surface area contributed by atoms with E-state index < -0.39 is 6.10 Å². The molecule has 0 radical (unpaired) electrons. The van der Waals surface area contributed by atoms with Gasteiger partial charge in [0.1, 0.15) is 13.2 Å². The van der Waals surface area contributed by atoms with E-state index in [-0.39, 0.29) is 31.1 Å². The van der Waals surface area contributed by atoms with Gasteiger partial charge in [0.05, 0.1) is 0 Å². The van der Waals surface area contributed by atoms with Crippen molar-refractivity contribution in [1.82, 2.24) is 0 Å². The van der Waals surface area contributed by atoms with Gasteiger partial charge < -0.3 is 14.2 Å². The molecule has 79 heavy (non-hydrogen) atoms. The van der Waals surface area contributed by atoms with Crippen molar-refractivity contribution >= 4 is 17.9 Å². The van der Waals surface area contributed by atoms with Crippen molar-refractivity contribution in [2.45, 2.75) is 386 Å². The number of ether oxygens (including phenoxy) is 3. The molecule has 0 saturated heterocycles. The van der Waals surface area contributed by atoms with E-state index in [1.54, 1.807) is 0 Å². The van der Waals surface area contributed by atoms with Crippen LogP contribution < -0.4 is 0 Å². The zero-order valence-corrected chi connectivity index (χ0v) is 53.2. The Balaban J connectivity index is 4.16. The zero-order valence-electron chi connectivity index (χ0n) is 53.2. The molecule has 0 aromatic carbocycles. The second-order valence-electron chi connectivity index (χ2n) is 23.8. The van der Waals surface area contributed by atoms with Crippen LogP contribution in [0.4, 0.5) is 0 Å². The van der Waals surface area contributed by atoms with Crippen molar-refractivity contribution in [3.63, 3.8) is 0 Å². The van der Waals surface area contributed by atoms with Crippen LogP contribution in [0, 0.1) is 0 Å². The molecule has 0 rings (SSSR count). The lowest BCUT2D eigenvalue weighted by Gasteiger charge is -2.18. The van der Waals surface area contributed by atoms with Crippen molar-refractivity contribution in [2.75, 3.05) is 13.2 Å². The van der Waals surface area contributed by atoms with Crippen LogP contribution in [-0.2, 0) is 28.6 Å². The van der Waals surface area contributed by atoms with Crippen LogP contribution in [0.5, 0.6) is 0 Å². The van der Waals surface area contributed by atoms with Gasteiger partial charge in [0.25, 0.3) is 0 Å². The minimum atomic E-state index is -0.777. The van der Waals surface area contributed by atoms with E-state index in [1.165, 1.54) is 257 Å². The lowest BCUT2D eigenvalue weighted by molar-refractivity contribution is -0.167. The maximum absolute atomic E-state index is 12.9. The van der Waals surface area contributed by atoms with Gasteiger partial charge in [-0.25, -0.2) is 0 Å². The van der Waals surface area contributed by atoms with E-state index in [0.29, 0.717) is 19.3 Å². The highest BCUT2D eigenvalue weighted by molar-refractivity contribution is 5.71. The van der Waals surface area contributed by atoms with Crippen molar-refractivity contribution in [1.29, 1.82) is 0 Å². The highest BCUT2D eigenvalue weighted by Gasteiger charge is 2.19. The van der Waals surface area contributed by atoms with Gasteiger partial charge in [-0.3, -0.25) is 14.4 Å². The Kier molecular flexibility index (Phi) is 65.6. The third-order valence-corrected chi connectivity index (χ3v) is 15.8. The molecule has 0 aliphatic rings. The molecular weight excluding hydrogens is 973 g/mol. The molecule has 0 spiro atoms. The molecule has 462 valence electrons. The molecule has 0 saturated carbocycles. The first kappa shape index (κ1) is 76.4. The Morgan fingerprint density at radius 1 is 0.253 bits per heavy atom. The third-order valence-electron chi connectivity index (χ3n) is 15.8. The van der Waals surface area contributed by atoms with Crippen LogP contribution in [0.3, 0.4) is 0 Å². The van der Waals surface area contributed by atoms with Gasteiger partial charge in [0.15, 0.2) is 6.10 Å². The highest BCUT2D eigenvalue weighted by Crippen LogP contribution is 2.18. The molecule has 0 heterocycles. The summed E-state index contributed by atoms with van der Waals surface area (Å²) in [6.07, 6.45) is 85.8. The lowest BCUT2D eigenvalue weighted by Crippen LogP contribution is -2.30. The first-order valence-electron chi connectivity index (χ1n) is 35.1. The molecule has 6 heteroatoms. The summed E-state index contributed by atoms with van der Waals surface area (Å²) in [4.78, 5) is 38.3. The van der Waals surface area contributed by atoms with Crippen molar-refractivity contribution in [2.24, 2.45) is 0 Å². The Labute approximate surface area is 492 Å². The average Bonchev–Trinajstić information content (AvgIpc) is 3.45. The minimum absolute atomic E-state index is 0.0734. The monoisotopic (exact) mass is 1110 g/mol. The second-order valence-corrected chi connectivity index (χ2v) is 23.8. The summed E-state index contributed by atoms with van der Waals surface area (Å²) in [5.41, 5.74) is 0. The Bertz CT molecular complexity index is 1360. The van der Waals surface area contributed by atoms with Crippen molar-refractivity contribution in [3.05, 3.63) is 48.6 Å². The number of carbonyl (C=O) groups excluding carboxylic acids is 3. The summed E-state index contributed by atoms with van der Waals surface area (Å²) in [5.74, 6) is -0.866. The van der Waals surface area contributed by atoms with Crippen molar-refractivity contribution in [3.8, 4) is 0 Å². The number of hydrogen-bond acceptors (Lipinski definition) is 6. The van der Waals surface area contributed by atoms with Crippen LogP contribution in [0.1, 0.15) is 380 Å². The molecule has 0 aromatic heterocycles. The number of rotatable bonds is 65. The average molecular weight is 1110 g/mol. The summed E-state index contributed by atoms with van der Waals surface area (Å²) >= 11 is 0. The Hall–Kier alpha value is -2.63. The minimum Gasteiger partial charge on any atom is -0.462 e. The predicted octanol–water partition coefficient (Wildman–Crippen LogP) is 24.1. The molecule has 0 fully saturated rings. The number of carbonyl (C=O) groups is 3. The van der Waals surface area contributed by atoms with E-state index in [2.05, 4.69) is 69.4 Å². The first-order chi connectivity index (χ1) is 39.0. The molecular formula is C73H134O6. The van der Waals surface area contributed by atoms with Crippen molar-refractivity contribution < 1.29 is 28.6 Å². The van der Waals surface area contributed by atoms with Gasteiger partial charge in [0, 0.05) is 19.3 Å². The van der Waals surface area contributed by atoms with Gasteiger partial charge >= 0.3 is 17.9 Å². The lowest BCUT2D eigenvalue weighted by atomic mass is 10.0. The standard InChI is InChI=1S/C73H134O6/c1-4-7-10-13-16-19-22-24-26-28-30-32-34-36-38-39-41-43-45-47-49-51-54-57-60-63-66-72(75)78-69-70(68-77-71(74)65-62-59-56-53-21-18-15-12-9-6-3)79-73(76)67-64-61-58-55-52-50-48-46-44-42-40-37-35-33-31-29-27-25-23-20-17-14-11-8-5-2/h12,15,23,25,29,31,35,37,70H,4-11,13-14,16-22,24,26-28,30,32-34,36,38-69H2,1-3H3/b15-12-,25-23-,31-29-,37-35-. The highest BCUT2D eigenvalue weighted by atomic mass is 16.6. The largest absolute Gasteiger partial charge is 0.462 e. The molecule has 0 bridgehead atoms. The first-order valence-corrected chi connectivity index (χ1v) is 35.1. The van der Waals surface area contributed by atoms with E-state index in [4.69, 9.17) is 14.2 Å². The number of hydrogen-bond donors (Lipinski definition) is 0. The quantitative estimate of drug-likeness (QED) is 0.0261. The third kappa shape index (κ3) is 66.1. The zero-order chi connectivity index (χ0) is 57.1. The SMILES string of the molecule is CCC/C=C\CCCCCCCC(=O)OCC(COC(=O)CCCCCCCCCCCCCCCCCCCCCCCCCCCC)OC(=O)CCCCCCCCCCCC/C=C\C/C=C\C/C=C\CCCCCCC. The molecule has 0 N–H and O–H groups in total. The molecule has 0 aliphatic carbocycles. The summed E-state index contributed by atoms with van der Waals surface area (Å²) in [7, 11) is 0. The Morgan fingerprint density at radius 3 is 0.772 bits per heavy atom. The Morgan fingerprint density at radius 2 is 0.481 bits per heavy atom. The van der Waals surface area contributed by atoms with Crippen LogP contribution in [0.2, 0.25) is 0 Å². The predicted molar refractivity (Wildman–Crippen MR) is 344 cm³/mol. The van der Waals surface area contributed by atoms with E-state index in [9.17, 15) is 14.4 Å². The van der Waals surface area contributed by atoms with E-state index in [1.807, 2.05) is 0 Å².